The zero-order valence-corrected chi connectivity index (χ0v) is 13.4. The van der Waals surface area contributed by atoms with E-state index >= 15 is 0 Å². The quantitative estimate of drug-likeness (QED) is 0.862. The number of carbonyl (C=O) groups is 1. The molecular formula is C16H16Cl2N2O. The summed E-state index contributed by atoms with van der Waals surface area (Å²) in [7, 11) is 1.73. The van der Waals surface area contributed by atoms with Crippen LogP contribution in [0.3, 0.4) is 0 Å². The number of hydrogen-bond acceptors (Lipinski definition) is 2. The van der Waals surface area contributed by atoms with Gasteiger partial charge >= 0.3 is 0 Å². The zero-order chi connectivity index (χ0) is 15.6. The van der Waals surface area contributed by atoms with Gasteiger partial charge in [-0.05, 0) is 36.2 Å². The van der Waals surface area contributed by atoms with Gasteiger partial charge in [-0.25, -0.2) is 0 Å². The van der Waals surface area contributed by atoms with Gasteiger partial charge in [-0.15, -0.1) is 0 Å². The third-order valence-corrected chi connectivity index (χ3v) is 4.01. The second-order valence-electron chi connectivity index (χ2n) is 4.95. The molecule has 5 heteroatoms. The predicted molar refractivity (Wildman–Crippen MR) is 87.9 cm³/mol. The van der Waals surface area contributed by atoms with Crippen molar-refractivity contribution in [1.29, 1.82) is 0 Å². The lowest BCUT2D eigenvalue weighted by Gasteiger charge is -2.20. The van der Waals surface area contributed by atoms with Crippen molar-refractivity contribution < 1.29 is 4.79 Å². The zero-order valence-electron chi connectivity index (χ0n) is 11.9. The fraction of sp³-hybridized carbons (Fsp3) is 0.188. The van der Waals surface area contributed by atoms with Crippen molar-refractivity contribution in [3.63, 3.8) is 0 Å². The molecule has 0 unspecified atom stereocenters. The molecular weight excluding hydrogens is 307 g/mol. The SMILES string of the molecule is Cc1cccc(N)c1C(=O)N(C)Cc1ccc(Cl)c(Cl)c1. The van der Waals surface area contributed by atoms with E-state index in [1.165, 1.54) is 0 Å². The molecule has 0 aliphatic carbocycles. The van der Waals surface area contributed by atoms with E-state index < -0.39 is 0 Å². The standard InChI is InChI=1S/C16H16Cl2N2O/c1-10-4-3-5-14(19)15(10)16(21)20(2)9-11-6-7-12(17)13(18)8-11/h3-8H,9,19H2,1-2H3. The molecule has 0 aliphatic heterocycles. The summed E-state index contributed by atoms with van der Waals surface area (Å²) in [5, 5.41) is 0.975. The van der Waals surface area contributed by atoms with Crippen LogP contribution in [0.5, 0.6) is 0 Å². The number of halogens is 2. The van der Waals surface area contributed by atoms with Crippen LogP contribution in [0.4, 0.5) is 5.69 Å². The summed E-state index contributed by atoms with van der Waals surface area (Å²) in [5.41, 5.74) is 8.71. The molecule has 110 valence electrons. The Labute approximate surface area is 134 Å². The smallest absolute Gasteiger partial charge is 0.256 e. The molecule has 0 fully saturated rings. The summed E-state index contributed by atoms with van der Waals surface area (Å²) in [6.07, 6.45) is 0. The minimum atomic E-state index is -0.114. The second-order valence-corrected chi connectivity index (χ2v) is 5.76. The summed E-state index contributed by atoms with van der Waals surface area (Å²) in [6.45, 7) is 2.31. The molecule has 2 rings (SSSR count). The first-order chi connectivity index (χ1) is 9.90. The molecule has 0 radical (unpaired) electrons. The van der Waals surface area contributed by atoms with Gasteiger partial charge in [-0.2, -0.15) is 0 Å². The Hall–Kier alpha value is -1.71. The monoisotopic (exact) mass is 322 g/mol. The Bertz CT molecular complexity index is 666. The molecule has 2 N–H and O–H groups in total. The van der Waals surface area contributed by atoms with E-state index in [-0.39, 0.29) is 5.91 Å². The fourth-order valence-corrected chi connectivity index (χ4v) is 2.48. The van der Waals surface area contributed by atoms with E-state index in [1.54, 1.807) is 30.1 Å². The van der Waals surface area contributed by atoms with Crippen LogP contribution in [0.1, 0.15) is 21.5 Å². The highest BCUT2D eigenvalue weighted by Gasteiger charge is 2.17. The van der Waals surface area contributed by atoms with E-state index in [1.807, 2.05) is 25.1 Å². The van der Waals surface area contributed by atoms with Gasteiger partial charge in [0.25, 0.3) is 5.91 Å². The Morgan fingerprint density at radius 1 is 1.19 bits per heavy atom. The molecule has 0 aromatic heterocycles. The van der Waals surface area contributed by atoms with Crippen LogP contribution < -0.4 is 5.73 Å². The number of carbonyl (C=O) groups excluding carboxylic acids is 1. The summed E-state index contributed by atoms with van der Waals surface area (Å²) >= 11 is 11.9. The molecule has 0 spiro atoms. The number of amides is 1. The lowest BCUT2D eigenvalue weighted by atomic mass is 10.1. The molecule has 0 aliphatic rings. The minimum absolute atomic E-state index is 0.114. The number of nitrogen functional groups attached to an aromatic ring is 1. The van der Waals surface area contributed by atoms with Gasteiger partial charge in [0, 0.05) is 19.3 Å². The molecule has 0 saturated carbocycles. The van der Waals surface area contributed by atoms with Crippen LogP contribution in [-0.2, 0) is 6.54 Å². The second kappa shape index (κ2) is 6.37. The summed E-state index contributed by atoms with van der Waals surface area (Å²) in [5.74, 6) is -0.114. The Kier molecular flexibility index (Phi) is 4.76. The van der Waals surface area contributed by atoms with Crippen molar-refractivity contribution in [3.8, 4) is 0 Å². The van der Waals surface area contributed by atoms with E-state index in [0.717, 1.165) is 11.1 Å². The molecule has 0 saturated heterocycles. The lowest BCUT2D eigenvalue weighted by molar-refractivity contribution is 0.0785. The predicted octanol–water partition coefficient (Wildman–Crippen LogP) is 4.16. The van der Waals surface area contributed by atoms with Crippen LogP contribution in [0.25, 0.3) is 0 Å². The van der Waals surface area contributed by atoms with E-state index in [4.69, 9.17) is 28.9 Å². The maximum absolute atomic E-state index is 12.5. The molecule has 2 aromatic carbocycles. The Balaban J connectivity index is 2.21. The van der Waals surface area contributed by atoms with Gasteiger partial charge in [-0.3, -0.25) is 4.79 Å². The van der Waals surface area contributed by atoms with Crippen LogP contribution in [0.2, 0.25) is 10.0 Å². The fourth-order valence-electron chi connectivity index (χ4n) is 2.16. The number of anilines is 1. The topological polar surface area (TPSA) is 46.3 Å². The summed E-state index contributed by atoms with van der Waals surface area (Å²) in [4.78, 5) is 14.1. The van der Waals surface area contributed by atoms with Gasteiger partial charge < -0.3 is 10.6 Å². The highest BCUT2D eigenvalue weighted by atomic mass is 35.5. The number of nitrogens with zero attached hydrogens (tertiary/aromatic N) is 1. The van der Waals surface area contributed by atoms with Gasteiger partial charge in [-0.1, -0.05) is 41.4 Å². The van der Waals surface area contributed by atoms with Crippen molar-refractivity contribution in [3.05, 3.63) is 63.1 Å². The largest absolute Gasteiger partial charge is 0.398 e. The van der Waals surface area contributed by atoms with E-state index in [9.17, 15) is 4.79 Å². The molecule has 0 heterocycles. The van der Waals surface area contributed by atoms with Crippen molar-refractivity contribution in [2.75, 3.05) is 12.8 Å². The van der Waals surface area contributed by atoms with Gasteiger partial charge in [0.05, 0.1) is 15.6 Å². The molecule has 21 heavy (non-hydrogen) atoms. The normalized spacial score (nSPS) is 10.5. The third kappa shape index (κ3) is 3.49. The van der Waals surface area contributed by atoms with Crippen molar-refractivity contribution in [1.82, 2.24) is 4.90 Å². The van der Waals surface area contributed by atoms with Crippen molar-refractivity contribution in [2.45, 2.75) is 13.5 Å². The third-order valence-electron chi connectivity index (χ3n) is 3.27. The van der Waals surface area contributed by atoms with Crippen LogP contribution in [0.15, 0.2) is 36.4 Å². The average molecular weight is 323 g/mol. The molecule has 1 amide bonds. The lowest BCUT2D eigenvalue weighted by Crippen LogP contribution is -2.27. The van der Waals surface area contributed by atoms with Gasteiger partial charge in [0.1, 0.15) is 0 Å². The Morgan fingerprint density at radius 3 is 2.52 bits per heavy atom. The number of nitrogens with two attached hydrogens (primary N) is 1. The van der Waals surface area contributed by atoms with Crippen molar-refractivity contribution in [2.24, 2.45) is 0 Å². The molecule has 2 aromatic rings. The number of rotatable bonds is 3. The highest BCUT2D eigenvalue weighted by Crippen LogP contribution is 2.24. The van der Waals surface area contributed by atoms with Crippen molar-refractivity contribution >= 4 is 34.8 Å². The average Bonchev–Trinajstić information content (AvgIpc) is 2.42. The molecule has 0 bridgehead atoms. The molecule has 0 atom stereocenters. The minimum Gasteiger partial charge on any atom is -0.398 e. The summed E-state index contributed by atoms with van der Waals surface area (Å²) < 4.78 is 0. The highest BCUT2D eigenvalue weighted by molar-refractivity contribution is 6.42. The molecule has 3 nitrogen and oxygen atoms in total. The Morgan fingerprint density at radius 2 is 1.90 bits per heavy atom. The van der Waals surface area contributed by atoms with Crippen LogP contribution in [0, 0.1) is 6.92 Å². The van der Waals surface area contributed by atoms with Crippen LogP contribution >= 0.6 is 23.2 Å². The van der Waals surface area contributed by atoms with E-state index in [0.29, 0.717) is 27.8 Å². The number of hydrogen-bond donors (Lipinski definition) is 1. The number of aryl methyl sites for hydroxylation is 1. The van der Waals surface area contributed by atoms with Gasteiger partial charge in [0.2, 0.25) is 0 Å². The maximum atomic E-state index is 12.5. The maximum Gasteiger partial charge on any atom is 0.256 e. The van der Waals surface area contributed by atoms with E-state index in [2.05, 4.69) is 0 Å². The first kappa shape index (κ1) is 15.7. The first-order valence-electron chi connectivity index (χ1n) is 6.44. The number of benzene rings is 2. The summed E-state index contributed by atoms with van der Waals surface area (Å²) in [6, 6.07) is 10.8. The van der Waals surface area contributed by atoms with Gasteiger partial charge in [0.15, 0.2) is 0 Å². The first-order valence-corrected chi connectivity index (χ1v) is 7.20. The van der Waals surface area contributed by atoms with Crippen LogP contribution in [-0.4, -0.2) is 17.9 Å².